The Morgan fingerprint density at radius 1 is 0.875 bits per heavy atom. The molecule has 0 unspecified atom stereocenters. The predicted octanol–water partition coefficient (Wildman–Crippen LogP) is 2.75. The number of imidazole rings is 1. The summed E-state index contributed by atoms with van der Waals surface area (Å²) < 4.78 is 2.08. The molecule has 1 aromatic carbocycles. The van der Waals surface area contributed by atoms with Gasteiger partial charge in [0.05, 0.1) is 17.4 Å². The monoisotopic (exact) mass is 437 g/mol. The Kier molecular flexibility index (Phi) is 6.44. The highest BCUT2D eigenvalue weighted by molar-refractivity contribution is 5.79. The van der Waals surface area contributed by atoms with Crippen LogP contribution in [0.2, 0.25) is 0 Å². The van der Waals surface area contributed by atoms with Gasteiger partial charge in [-0.2, -0.15) is 0 Å². The molecule has 3 aliphatic heterocycles. The third-order valence-corrected chi connectivity index (χ3v) is 7.72. The zero-order valence-electron chi connectivity index (χ0n) is 19.0. The second kappa shape index (κ2) is 9.61. The number of amides is 2. The summed E-state index contributed by atoms with van der Waals surface area (Å²) >= 11 is 0. The van der Waals surface area contributed by atoms with Gasteiger partial charge < -0.3 is 19.3 Å². The summed E-state index contributed by atoms with van der Waals surface area (Å²) in [6.45, 7) is 6.35. The molecule has 7 heteroatoms. The second-order valence-electron chi connectivity index (χ2n) is 9.63. The first-order chi connectivity index (χ1) is 15.7. The van der Waals surface area contributed by atoms with E-state index >= 15 is 0 Å². The third kappa shape index (κ3) is 4.53. The molecule has 2 amide bonds. The van der Waals surface area contributed by atoms with Crippen LogP contribution in [0, 0.1) is 5.92 Å². The lowest BCUT2D eigenvalue weighted by atomic mass is 9.92. The normalized spacial score (nSPS) is 21.5. The molecule has 3 aliphatic rings. The molecular formula is C25H35N5O2. The van der Waals surface area contributed by atoms with Gasteiger partial charge in [0.2, 0.25) is 11.8 Å². The second-order valence-corrected chi connectivity index (χ2v) is 9.63. The Morgan fingerprint density at radius 3 is 2.34 bits per heavy atom. The van der Waals surface area contributed by atoms with Crippen LogP contribution in [-0.2, 0) is 16.1 Å². The van der Waals surface area contributed by atoms with Gasteiger partial charge in [0.1, 0.15) is 0 Å². The van der Waals surface area contributed by atoms with Crippen LogP contribution in [0.3, 0.4) is 0 Å². The van der Waals surface area contributed by atoms with Crippen LogP contribution in [0.25, 0.3) is 11.0 Å². The van der Waals surface area contributed by atoms with Gasteiger partial charge in [-0.3, -0.25) is 9.59 Å². The first kappa shape index (κ1) is 21.4. The summed E-state index contributed by atoms with van der Waals surface area (Å²) in [5.41, 5.74) is 2.07. The van der Waals surface area contributed by atoms with Crippen molar-refractivity contribution in [3.8, 4) is 0 Å². The van der Waals surface area contributed by atoms with Crippen molar-refractivity contribution >= 4 is 22.8 Å². The molecule has 0 N–H and O–H groups in total. The Balaban J connectivity index is 1.05. The summed E-state index contributed by atoms with van der Waals surface area (Å²) in [7, 11) is 0. The van der Waals surface area contributed by atoms with Crippen LogP contribution in [0.1, 0.15) is 44.9 Å². The minimum atomic E-state index is 0.227. The van der Waals surface area contributed by atoms with Crippen LogP contribution in [0.4, 0.5) is 0 Å². The molecule has 0 aliphatic carbocycles. The summed E-state index contributed by atoms with van der Waals surface area (Å²) in [5, 5.41) is 0. The number of nitrogens with zero attached hydrogens (tertiary/aromatic N) is 5. The molecule has 4 heterocycles. The van der Waals surface area contributed by atoms with Gasteiger partial charge >= 0.3 is 0 Å². The van der Waals surface area contributed by atoms with Crippen molar-refractivity contribution in [1.82, 2.24) is 24.3 Å². The first-order valence-corrected chi connectivity index (χ1v) is 12.4. The number of likely N-dealkylation sites (tertiary alicyclic amines) is 3. The van der Waals surface area contributed by atoms with Crippen LogP contribution >= 0.6 is 0 Å². The van der Waals surface area contributed by atoms with Gasteiger partial charge in [0.25, 0.3) is 0 Å². The van der Waals surface area contributed by atoms with Crippen LogP contribution in [-0.4, -0.2) is 81.4 Å². The van der Waals surface area contributed by atoms with Gasteiger partial charge in [0.15, 0.2) is 0 Å². The fourth-order valence-electron chi connectivity index (χ4n) is 5.75. The molecule has 32 heavy (non-hydrogen) atoms. The zero-order valence-corrected chi connectivity index (χ0v) is 19.0. The van der Waals surface area contributed by atoms with E-state index in [-0.39, 0.29) is 11.8 Å². The summed E-state index contributed by atoms with van der Waals surface area (Å²) in [6, 6.07) is 8.62. The number of piperidine rings is 2. The van der Waals surface area contributed by atoms with E-state index in [0.717, 1.165) is 76.0 Å². The van der Waals surface area contributed by atoms with Gasteiger partial charge in [-0.25, -0.2) is 4.98 Å². The number of carbonyl (C=O) groups is 2. The molecule has 2 aromatic rings. The molecular weight excluding hydrogens is 402 g/mol. The smallest absolute Gasteiger partial charge is 0.225 e. The number of aromatic nitrogens is 2. The minimum Gasteiger partial charge on any atom is -0.343 e. The topological polar surface area (TPSA) is 61.7 Å². The van der Waals surface area contributed by atoms with Crippen molar-refractivity contribution < 1.29 is 9.59 Å². The van der Waals surface area contributed by atoms with Crippen LogP contribution in [0.5, 0.6) is 0 Å². The zero-order chi connectivity index (χ0) is 21.9. The van der Waals surface area contributed by atoms with E-state index in [1.54, 1.807) is 0 Å². The standard InChI is InChI=1S/C25H35N5O2/c31-24(11-18-30-19-26-22-5-1-2-6-23(22)30)28-16-9-21(10-17-28)27-14-7-20(8-15-27)25(32)29-12-3-4-13-29/h1-2,5-6,19-21H,3-4,7-18H2. The molecule has 0 atom stereocenters. The molecule has 3 fully saturated rings. The lowest BCUT2D eigenvalue weighted by Gasteiger charge is -2.42. The van der Waals surface area contributed by atoms with Crippen LogP contribution < -0.4 is 0 Å². The Bertz CT molecular complexity index is 935. The highest BCUT2D eigenvalue weighted by Crippen LogP contribution is 2.26. The number of aryl methyl sites for hydroxylation is 1. The van der Waals surface area contributed by atoms with E-state index in [2.05, 4.69) is 25.4 Å². The largest absolute Gasteiger partial charge is 0.343 e. The average molecular weight is 438 g/mol. The Morgan fingerprint density at radius 2 is 1.59 bits per heavy atom. The number of fused-ring (bicyclic) bond motifs is 1. The van der Waals surface area contributed by atoms with Crippen molar-refractivity contribution in [2.45, 2.75) is 57.5 Å². The van der Waals surface area contributed by atoms with Gasteiger partial charge in [0, 0.05) is 51.1 Å². The summed E-state index contributed by atoms with van der Waals surface area (Å²) in [5.74, 6) is 0.870. The fourth-order valence-corrected chi connectivity index (χ4v) is 5.75. The van der Waals surface area contributed by atoms with Crippen molar-refractivity contribution in [3.63, 3.8) is 0 Å². The maximum atomic E-state index is 12.8. The predicted molar refractivity (Wildman–Crippen MR) is 124 cm³/mol. The molecule has 5 rings (SSSR count). The number of para-hydroxylation sites is 2. The summed E-state index contributed by atoms with van der Waals surface area (Å²) in [4.78, 5) is 36.6. The Labute approximate surface area is 190 Å². The quantitative estimate of drug-likeness (QED) is 0.722. The van der Waals surface area contributed by atoms with Gasteiger partial charge in [-0.15, -0.1) is 0 Å². The molecule has 0 radical (unpaired) electrons. The van der Waals surface area contributed by atoms with E-state index in [4.69, 9.17) is 0 Å². The number of benzene rings is 1. The highest BCUT2D eigenvalue weighted by atomic mass is 16.2. The Hall–Kier alpha value is -2.41. The van der Waals surface area contributed by atoms with Gasteiger partial charge in [-0.05, 0) is 63.7 Å². The van der Waals surface area contributed by atoms with E-state index in [1.807, 2.05) is 29.4 Å². The maximum absolute atomic E-state index is 12.8. The van der Waals surface area contributed by atoms with Crippen molar-refractivity contribution in [2.24, 2.45) is 5.92 Å². The van der Waals surface area contributed by atoms with Gasteiger partial charge in [-0.1, -0.05) is 12.1 Å². The van der Waals surface area contributed by atoms with E-state index < -0.39 is 0 Å². The van der Waals surface area contributed by atoms with Crippen molar-refractivity contribution in [1.29, 1.82) is 0 Å². The van der Waals surface area contributed by atoms with E-state index in [1.165, 1.54) is 12.8 Å². The van der Waals surface area contributed by atoms with E-state index in [0.29, 0.717) is 24.9 Å². The lowest BCUT2D eigenvalue weighted by Crippen LogP contribution is -2.50. The SMILES string of the molecule is O=C(CCn1cnc2ccccc21)N1CCC(N2CCC(C(=O)N3CCCC3)CC2)CC1. The molecule has 1 aromatic heterocycles. The van der Waals surface area contributed by atoms with E-state index in [9.17, 15) is 9.59 Å². The minimum absolute atomic E-state index is 0.227. The van der Waals surface area contributed by atoms with Crippen LogP contribution in [0.15, 0.2) is 30.6 Å². The molecule has 0 spiro atoms. The van der Waals surface area contributed by atoms with Crippen molar-refractivity contribution in [2.75, 3.05) is 39.3 Å². The number of hydrogen-bond donors (Lipinski definition) is 0. The number of hydrogen-bond acceptors (Lipinski definition) is 4. The molecule has 0 bridgehead atoms. The lowest BCUT2D eigenvalue weighted by molar-refractivity contribution is -0.137. The average Bonchev–Trinajstić information content (AvgIpc) is 3.53. The van der Waals surface area contributed by atoms with Crippen molar-refractivity contribution in [3.05, 3.63) is 30.6 Å². The first-order valence-electron chi connectivity index (χ1n) is 12.4. The molecule has 0 saturated carbocycles. The third-order valence-electron chi connectivity index (χ3n) is 7.72. The molecule has 7 nitrogen and oxygen atoms in total. The number of rotatable bonds is 5. The highest BCUT2D eigenvalue weighted by Gasteiger charge is 2.33. The fraction of sp³-hybridized carbons (Fsp3) is 0.640. The maximum Gasteiger partial charge on any atom is 0.225 e. The molecule has 172 valence electrons. The molecule has 3 saturated heterocycles. The number of carbonyl (C=O) groups excluding carboxylic acids is 2. The summed E-state index contributed by atoms with van der Waals surface area (Å²) in [6.07, 6.45) is 8.77.